The highest BCUT2D eigenvalue weighted by atomic mass is 16.1. The van der Waals surface area contributed by atoms with Gasteiger partial charge < -0.3 is 5.32 Å². The number of nitrogens with zero attached hydrogens (tertiary/aromatic N) is 2. The van der Waals surface area contributed by atoms with Crippen LogP contribution in [0.25, 0.3) is 0 Å². The third-order valence-corrected chi connectivity index (χ3v) is 2.13. The summed E-state index contributed by atoms with van der Waals surface area (Å²) in [5, 5.41) is 3.01. The zero-order valence-electron chi connectivity index (χ0n) is 7.72. The number of ketones is 1. The smallest absolute Gasteiger partial charge is 0.180 e. The highest BCUT2D eigenvalue weighted by Crippen LogP contribution is 2.14. The number of hydrogen-bond acceptors (Lipinski definition) is 4. The van der Waals surface area contributed by atoms with Crippen LogP contribution < -0.4 is 5.32 Å². The van der Waals surface area contributed by atoms with Crippen molar-refractivity contribution in [3.63, 3.8) is 0 Å². The second-order valence-electron chi connectivity index (χ2n) is 3.20. The van der Waals surface area contributed by atoms with Gasteiger partial charge >= 0.3 is 0 Å². The van der Waals surface area contributed by atoms with Crippen LogP contribution in [0.15, 0.2) is 0 Å². The van der Waals surface area contributed by atoms with E-state index in [1.54, 1.807) is 0 Å². The highest BCUT2D eigenvalue weighted by molar-refractivity contribution is 6.00. The molecule has 1 N–H and O–H groups in total. The molecule has 0 saturated heterocycles. The summed E-state index contributed by atoms with van der Waals surface area (Å²) in [6.45, 7) is 4.77. The summed E-state index contributed by atoms with van der Waals surface area (Å²) in [5.74, 6) is 0.825. The standard InChI is InChI=1S/C9H11N3O/c1-5-9-7(12-6(2)11-5)3-10-4-8(9)13/h10H,3-4H2,1-2H3. The molecule has 0 amide bonds. The fourth-order valence-electron chi connectivity index (χ4n) is 1.66. The van der Waals surface area contributed by atoms with Crippen molar-refractivity contribution in [1.82, 2.24) is 15.3 Å². The molecule has 2 heterocycles. The number of rotatable bonds is 0. The number of Topliss-reactive ketones (excluding diaryl/α,β-unsaturated/α-hetero) is 1. The zero-order valence-corrected chi connectivity index (χ0v) is 7.72. The number of aryl methyl sites for hydroxylation is 2. The molecule has 0 saturated carbocycles. The molecule has 0 radical (unpaired) electrons. The third-order valence-electron chi connectivity index (χ3n) is 2.13. The lowest BCUT2D eigenvalue weighted by Gasteiger charge is -2.16. The number of nitrogens with one attached hydrogen (secondary N) is 1. The molecule has 0 fully saturated rings. The van der Waals surface area contributed by atoms with Crippen molar-refractivity contribution in [3.8, 4) is 0 Å². The molecule has 0 aliphatic carbocycles. The summed E-state index contributed by atoms with van der Waals surface area (Å²) < 4.78 is 0. The van der Waals surface area contributed by atoms with Gasteiger partial charge in [0.25, 0.3) is 0 Å². The van der Waals surface area contributed by atoms with Gasteiger partial charge in [0.05, 0.1) is 23.5 Å². The van der Waals surface area contributed by atoms with E-state index in [4.69, 9.17) is 0 Å². The minimum atomic E-state index is 0.0961. The number of hydrogen-bond donors (Lipinski definition) is 1. The Hall–Kier alpha value is -1.29. The maximum absolute atomic E-state index is 11.5. The number of carbonyl (C=O) groups is 1. The van der Waals surface area contributed by atoms with Crippen molar-refractivity contribution in [3.05, 3.63) is 22.8 Å². The van der Waals surface area contributed by atoms with Gasteiger partial charge in [-0.25, -0.2) is 9.97 Å². The van der Waals surface area contributed by atoms with Crippen LogP contribution in [0.4, 0.5) is 0 Å². The first kappa shape index (κ1) is 8.31. The van der Waals surface area contributed by atoms with E-state index in [9.17, 15) is 4.79 Å². The van der Waals surface area contributed by atoms with Crippen LogP contribution in [0.2, 0.25) is 0 Å². The Morgan fingerprint density at radius 1 is 1.23 bits per heavy atom. The maximum Gasteiger partial charge on any atom is 0.180 e. The Morgan fingerprint density at radius 3 is 2.77 bits per heavy atom. The zero-order chi connectivity index (χ0) is 9.42. The van der Waals surface area contributed by atoms with Crippen molar-refractivity contribution in [1.29, 1.82) is 0 Å². The van der Waals surface area contributed by atoms with Crippen molar-refractivity contribution >= 4 is 5.78 Å². The molecule has 2 rings (SSSR count). The molecule has 4 heteroatoms. The highest BCUT2D eigenvalue weighted by Gasteiger charge is 2.20. The fourth-order valence-corrected chi connectivity index (χ4v) is 1.66. The van der Waals surface area contributed by atoms with Crippen molar-refractivity contribution in [2.24, 2.45) is 0 Å². The molecule has 0 bridgehead atoms. The van der Waals surface area contributed by atoms with Crippen LogP contribution >= 0.6 is 0 Å². The summed E-state index contributed by atoms with van der Waals surface area (Å²) >= 11 is 0. The molecule has 0 aromatic carbocycles. The lowest BCUT2D eigenvalue weighted by molar-refractivity contribution is 0.0980. The van der Waals surface area contributed by atoms with Gasteiger partial charge in [0.1, 0.15) is 5.82 Å². The third kappa shape index (κ3) is 1.33. The van der Waals surface area contributed by atoms with Gasteiger partial charge in [-0.2, -0.15) is 0 Å². The Labute approximate surface area is 76.4 Å². The summed E-state index contributed by atoms with van der Waals surface area (Å²) in [7, 11) is 0. The van der Waals surface area contributed by atoms with E-state index in [1.165, 1.54) is 0 Å². The quantitative estimate of drug-likeness (QED) is 0.622. The van der Waals surface area contributed by atoms with Gasteiger partial charge in [-0.05, 0) is 13.8 Å². The largest absolute Gasteiger partial charge is 0.304 e. The Kier molecular flexibility index (Phi) is 1.84. The second kappa shape index (κ2) is 2.88. The molecule has 13 heavy (non-hydrogen) atoms. The number of fused-ring (bicyclic) bond motifs is 1. The molecular weight excluding hydrogens is 166 g/mol. The lowest BCUT2D eigenvalue weighted by atomic mass is 10.0. The summed E-state index contributed by atoms with van der Waals surface area (Å²) in [6.07, 6.45) is 0. The normalized spacial score (nSPS) is 15.7. The van der Waals surface area contributed by atoms with Crippen LogP contribution in [-0.2, 0) is 6.54 Å². The molecule has 0 spiro atoms. The first-order chi connectivity index (χ1) is 6.18. The average Bonchev–Trinajstić information content (AvgIpc) is 2.02. The Bertz CT molecular complexity index is 373. The molecule has 1 aromatic rings. The Morgan fingerprint density at radius 2 is 2.00 bits per heavy atom. The summed E-state index contributed by atoms with van der Waals surface area (Å²) in [5.41, 5.74) is 2.35. The van der Waals surface area contributed by atoms with Crippen LogP contribution in [0.1, 0.15) is 27.6 Å². The maximum atomic E-state index is 11.5. The minimum absolute atomic E-state index is 0.0961. The molecule has 68 valence electrons. The summed E-state index contributed by atoms with van der Waals surface area (Å²) in [4.78, 5) is 19.9. The summed E-state index contributed by atoms with van der Waals surface area (Å²) in [6, 6.07) is 0. The molecule has 4 nitrogen and oxygen atoms in total. The first-order valence-electron chi connectivity index (χ1n) is 4.26. The molecule has 1 aliphatic rings. The van der Waals surface area contributed by atoms with Gasteiger partial charge in [0.15, 0.2) is 5.78 Å². The molecular formula is C9H11N3O. The van der Waals surface area contributed by atoms with E-state index in [-0.39, 0.29) is 5.78 Å². The van der Waals surface area contributed by atoms with Crippen molar-refractivity contribution < 1.29 is 4.79 Å². The van der Waals surface area contributed by atoms with Gasteiger partial charge in [0, 0.05) is 6.54 Å². The van der Waals surface area contributed by atoms with Crippen LogP contribution in [0.5, 0.6) is 0 Å². The van der Waals surface area contributed by atoms with E-state index in [2.05, 4.69) is 15.3 Å². The number of aromatic nitrogens is 2. The average molecular weight is 177 g/mol. The van der Waals surface area contributed by atoms with Crippen LogP contribution in [0.3, 0.4) is 0 Å². The molecule has 0 atom stereocenters. The second-order valence-corrected chi connectivity index (χ2v) is 3.20. The van der Waals surface area contributed by atoms with Crippen LogP contribution in [0, 0.1) is 13.8 Å². The van der Waals surface area contributed by atoms with E-state index < -0.39 is 0 Å². The molecule has 0 unspecified atom stereocenters. The van der Waals surface area contributed by atoms with E-state index in [0.29, 0.717) is 18.7 Å². The van der Waals surface area contributed by atoms with Crippen molar-refractivity contribution in [2.45, 2.75) is 20.4 Å². The van der Waals surface area contributed by atoms with Crippen LogP contribution in [-0.4, -0.2) is 22.3 Å². The van der Waals surface area contributed by atoms with Crippen molar-refractivity contribution in [2.75, 3.05) is 6.54 Å². The minimum Gasteiger partial charge on any atom is -0.304 e. The topological polar surface area (TPSA) is 54.9 Å². The van der Waals surface area contributed by atoms with E-state index in [1.807, 2.05) is 13.8 Å². The lowest BCUT2D eigenvalue weighted by Crippen LogP contribution is -2.32. The molecule has 1 aliphatic heterocycles. The van der Waals surface area contributed by atoms with E-state index >= 15 is 0 Å². The predicted molar refractivity (Wildman–Crippen MR) is 47.5 cm³/mol. The fraction of sp³-hybridized carbons (Fsp3) is 0.444. The van der Waals surface area contributed by atoms with Gasteiger partial charge in [-0.1, -0.05) is 0 Å². The Balaban J connectivity index is 2.63. The number of carbonyl (C=O) groups excluding carboxylic acids is 1. The predicted octanol–water partition coefficient (Wildman–Crippen LogP) is 0.379. The monoisotopic (exact) mass is 177 g/mol. The van der Waals surface area contributed by atoms with E-state index in [0.717, 1.165) is 17.2 Å². The molecule has 1 aromatic heterocycles. The SMILES string of the molecule is Cc1nc(C)c2c(n1)CNCC2=O. The van der Waals surface area contributed by atoms with Gasteiger partial charge in [-0.15, -0.1) is 0 Å². The van der Waals surface area contributed by atoms with Gasteiger partial charge in [0.2, 0.25) is 0 Å². The first-order valence-corrected chi connectivity index (χ1v) is 4.26. The van der Waals surface area contributed by atoms with Gasteiger partial charge in [-0.3, -0.25) is 4.79 Å².